The van der Waals surface area contributed by atoms with Gasteiger partial charge in [-0.2, -0.15) is 0 Å². The van der Waals surface area contributed by atoms with E-state index in [0.29, 0.717) is 5.92 Å². The number of nitrogens with one attached hydrogen (secondary N) is 2. The first-order valence-corrected chi connectivity index (χ1v) is 7.88. The lowest BCUT2D eigenvalue weighted by Gasteiger charge is -2.36. The highest BCUT2D eigenvalue weighted by atomic mass is 16.5. The third-order valence-electron chi connectivity index (χ3n) is 5.17. The molecule has 1 amide bonds. The Morgan fingerprint density at radius 1 is 1.42 bits per heavy atom. The number of amides is 1. The molecule has 4 nitrogen and oxygen atoms in total. The van der Waals surface area contributed by atoms with Crippen molar-refractivity contribution in [2.45, 2.75) is 57.6 Å². The molecular weight excluding hydrogens is 240 g/mol. The molecule has 19 heavy (non-hydrogen) atoms. The lowest BCUT2D eigenvalue weighted by atomic mass is 9.77. The normalized spacial score (nSPS) is 39.2. The van der Waals surface area contributed by atoms with Gasteiger partial charge >= 0.3 is 0 Å². The number of hydrogen-bond donors (Lipinski definition) is 2. The molecule has 3 atom stereocenters. The van der Waals surface area contributed by atoms with Crippen LogP contribution >= 0.6 is 0 Å². The minimum atomic E-state index is -0.186. The number of rotatable bonds is 4. The van der Waals surface area contributed by atoms with Gasteiger partial charge in [-0.25, -0.2) is 0 Å². The molecule has 0 aromatic rings. The van der Waals surface area contributed by atoms with Crippen molar-refractivity contribution in [1.82, 2.24) is 10.6 Å². The van der Waals surface area contributed by atoms with Gasteiger partial charge < -0.3 is 15.4 Å². The van der Waals surface area contributed by atoms with Crippen molar-refractivity contribution in [3.63, 3.8) is 0 Å². The van der Waals surface area contributed by atoms with E-state index >= 15 is 0 Å². The lowest BCUT2D eigenvalue weighted by molar-refractivity contribution is -0.133. The Morgan fingerprint density at radius 2 is 2.26 bits per heavy atom. The molecule has 4 heteroatoms. The van der Waals surface area contributed by atoms with Crippen LogP contribution in [0.1, 0.15) is 45.4 Å². The van der Waals surface area contributed by atoms with E-state index < -0.39 is 0 Å². The number of hydrogen-bond acceptors (Lipinski definition) is 3. The van der Waals surface area contributed by atoms with Crippen LogP contribution in [0.5, 0.6) is 0 Å². The van der Waals surface area contributed by atoms with E-state index in [1.54, 1.807) is 0 Å². The number of ether oxygens (including phenoxy) is 1. The maximum absolute atomic E-state index is 12.7. The zero-order valence-corrected chi connectivity index (χ0v) is 11.9. The van der Waals surface area contributed by atoms with Crippen LogP contribution in [-0.2, 0) is 9.53 Å². The molecule has 0 aromatic heterocycles. The molecule has 0 bridgehead atoms. The van der Waals surface area contributed by atoms with Gasteiger partial charge in [-0.05, 0) is 51.0 Å². The van der Waals surface area contributed by atoms with E-state index in [1.165, 1.54) is 12.8 Å². The first kappa shape index (κ1) is 13.4. The Hall–Kier alpha value is -0.610. The van der Waals surface area contributed by atoms with Crippen molar-refractivity contribution in [2.24, 2.45) is 11.3 Å². The van der Waals surface area contributed by atoms with E-state index in [9.17, 15) is 4.79 Å². The van der Waals surface area contributed by atoms with Crippen molar-refractivity contribution >= 4 is 5.91 Å². The fourth-order valence-electron chi connectivity index (χ4n) is 3.60. The van der Waals surface area contributed by atoms with Crippen molar-refractivity contribution in [3.05, 3.63) is 0 Å². The summed E-state index contributed by atoms with van der Waals surface area (Å²) in [4.78, 5) is 12.7. The summed E-state index contributed by atoms with van der Waals surface area (Å²) in [7, 11) is 0. The van der Waals surface area contributed by atoms with Gasteiger partial charge in [0.25, 0.3) is 0 Å². The molecular formula is C15H26N2O2. The van der Waals surface area contributed by atoms with Crippen LogP contribution in [-0.4, -0.2) is 37.7 Å². The van der Waals surface area contributed by atoms with Crippen LogP contribution in [0.4, 0.5) is 0 Å². The average Bonchev–Trinajstić information content (AvgIpc) is 3.20. The molecule has 108 valence electrons. The van der Waals surface area contributed by atoms with Crippen LogP contribution in [0.15, 0.2) is 0 Å². The Morgan fingerprint density at radius 3 is 2.89 bits per heavy atom. The van der Waals surface area contributed by atoms with E-state index in [-0.39, 0.29) is 23.5 Å². The minimum Gasteiger partial charge on any atom is -0.376 e. The summed E-state index contributed by atoms with van der Waals surface area (Å²) >= 11 is 0. The summed E-state index contributed by atoms with van der Waals surface area (Å²) in [5, 5.41) is 6.69. The van der Waals surface area contributed by atoms with Crippen molar-refractivity contribution in [2.75, 3.05) is 19.7 Å². The second-order valence-electron chi connectivity index (χ2n) is 6.46. The molecule has 3 rings (SSSR count). The summed E-state index contributed by atoms with van der Waals surface area (Å²) < 4.78 is 5.81. The predicted molar refractivity (Wildman–Crippen MR) is 73.8 cm³/mol. The highest BCUT2D eigenvalue weighted by Gasteiger charge is 2.44. The molecule has 1 aliphatic carbocycles. The monoisotopic (exact) mass is 266 g/mol. The summed E-state index contributed by atoms with van der Waals surface area (Å²) in [6, 6.07) is 0.255. The van der Waals surface area contributed by atoms with Crippen LogP contribution < -0.4 is 10.6 Å². The summed E-state index contributed by atoms with van der Waals surface area (Å²) in [5.74, 6) is 0.957. The molecule has 0 aromatic carbocycles. The van der Waals surface area contributed by atoms with Crippen LogP contribution in [0.3, 0.4) is 0 Å². The molecule has 2 heterocycles. The Bertz CT molecular complexity index is 335. The van der Waals surface area contributed by atoms with Gasteiger partial charge in [0.1, 0.15) is 0 Å². The quantitative estimate of drug-likeness (QED) is 0.810. The van der Waals surface area contributed by atoms with Gasteiger partial charge in [-0.3, -0.25) is 4.79 Å². The van der Waals surface area contributed by atoms with E-state index in [1.807, 2.05) is 0 Å². The summed E-state index contributed by atoms with van der Waals surface area (Å²) in [6.45, 7) is 4.82. The molecule has 2 N–H and O–H groups in total. The minimum absolute atomic E-state index is 0.186. The van der Waals surface area contributed by atoms with Crippen molar-refractivity contribution in [1.29, 1.82) is 0 Å². The molecule has 2 saturated heterocycles. The molecule has 3 aliphatic rings. The fourth-order valence-corrected chi connectivity index (χ4v) is 3.60. The maximum Gasteiger partial charge on any atom is 0.227 e. The zero-order valence-electron chi connectivity index (χ0n) is 11.9. The second-order valence-corrected chi connectivity index (χ2v) is 6.46. The van der Waals surface area contributed by atoms with Crippen molar-refractivity contribution < 1.29 is 9.53 Å². The van der Waals surface area contributed by atoms with Crippen LogP contribution in [0.25, 0.3) is 0 Å². The van der Waals surface area contributed by atoms with Gasteiger partial charge in [0.15, 0.2) is 0 Å². The Labute approximate surface area is 115 Å². The zero-order chi connectivity index (χ0) is 13.3. The smallest absolute Gasteiger partial charge is 0.227 e. The second kappa shape index (κ2) is 5.41. The largest absolute Gasteiger partial charge is 0.376 e. The highest BCUT2D eigenvalue weighted by molar-refractivity contribution is 5.83. The standard InChI is InChI=1S/C15H26N2O2/c1-2-15(7-3-8-16-10-15)14(18)17-12-6-9-19-13(12)11-4-5-11/h11-13,16H,2-10H2,1H3,(H,17,18). The fraction of sp³-hybridized carbons (Fsp3) is 0.933. The van der Waals surface area contributed by atoms with Crippen molar-refractivity contribution in [3.8, 4) is 0 Å². The third-order valence-corrected chi connectivity index (χ3v) is 5.17. The summed E-state index contributed by atoms with van der Waals surface area (Å²) in [5.41, 5.74) is -0.186. The topological polar surface area (TPSA) is 50.4 Å². The number of carbonyl (C=O) groups excluding carboxylic acids is 1. The van der Waals surface area contributed by atoms with Crippen LogP contribution in [0, 0.1) is 11.3 Å². The van der Waals surface area contributed by atoms with E-state index in [4.69, 9.17) is 4.74 Å². The van der Waals surface area contributed by atoms with Gasteiger partial charge in [-0.15, -0.1) is 0 Å². The molecule has 0 radical (unpaired) electrons. The molecule has 1 saturated carbocycles. The first-order valence-electron chi connectivity index (χ1n) is 7.88. The Kier molecular flexibility index (Phi) is 3.81. The predicted octanol–water partition coefficient (Wildman–Crippen LogP) is 1.45. The van der Waals surface area contributed by atoms with Gasteiger partial charge in [-0.1, -0.05) is 6.92 Å². The van der Waals surface area contributed by atoms with Gasteiger partial charge in [0, 0.05) is 13.2 Å². The Balaban J connectivity index is 1.62. The van der Waals surface area contributed by atoms with Gasteiger partial charge in [0.2, 0.25) is 5.91 Å². The first-order chi connectivity index (χ1) is 9.25. The van der Waals surface area contributed by atoms with Crippen LogP contribution in [0.2, 0.25) is 0 Å². The molecule has 2 aliphatic heterocycles. The SMILES string of the molecule is CCC1(C(=O)NC2CCOC2C2CC2)CCCNC1. The van der Waals surface area contributed by atoms with E-state index in [0.717, 1.165) is 45.4 Å². The average molecular weight is 266 g/mol. The van der Waals surface area contributed by atoms with Gasteiger partial charge in [0.05, 0.1) is 17.6 Å². The number of carbonyl (C=O) groups is 1. The lowest BCUT2D eigenvalue weighted by Crippen LogP contribution is -2.54. The van der Waals surface area contributed by atoms with E-state index in [2.05, 4.69) is 17.6 Å². The third kappa shape index (κ3) is 2.65. The number of piperidine rings is 1. The maximum atomic E-state index is 12.7. The molecule has 3 unspecified atom stereocenters. The molecule has 3 fully saturated rings. The summed E-state index contributed by atoms with van der Waals surface area (Å²) in [6.07, 6.45) is 6.87. The highest BCUT2D eigenvalue weighted by Crippen LogP contribution is 2.39. The molecule has 0 spiro atoms.